The van der Waals surface area contributed by atoms with Crippen molar-refractivity contribution in [3.05, 3.63) is 46.3 Å². The summed E-state index contributed by atoms with van der Waals surface area (Å²) in [7, 11) is -2.37. The predicted molar refractivity (Wildman–Crippen MR) is 74.7 cm³/mol. The Hall–Kier alpha value is -2.46. The molecule has 1 heterocycles. The van der Waals surface area contributed by atoms with E-state index in [1.54, 1.807) is 19.3 Å². The van der Waals surface area contributed by atoms with Gasteiger partial charge >= 0.3 is 0 Å². The third-order valence-electron chi connectivity index (χ3n) is 2.68. The third kappa shape index (κ3) is 3.35. The number of anilines is 1. The second kappa shape index (κ2) is 5.50. The van der Waals surface area contributed by atoms with Crippen LogP contribution >= 0.6 is 0 Å². The van der Waals surface area contributed by atoms with Gasteiger partial charge < -0.3 is 5.73 Å². The average Bonchev–Trinajstić information content (AvgIpc) is 2.82. The summed E-state index contributed by atoms with van der Waals surface area (Å²) < 4.78 is 28.2. The van der Waals surface area contributed by atoms with Crippen LogP contribution in [0.3, 0.4) is 0 Å². The van der Waals surface area contributed by atoms with Crippen LogP contribution < -0.4 is 10.5 Å². The largest absolute Gasteiger partial charge is 0.399 e. The molecule has 9 nitrogen and oxygen atoms in total. The SMILES string of the molecule is Cn1ccc(CNS(=O)(=O)c2cc(N)ccc2[N+](=O)[O-])n1. The summed E-state index contributed by atoms with van der Waals surface area (Å²) in [5.74, 6) is 0. The Labute approximate surface area is 120 Å². The first-order valence-corrected chi connectivity index (χ1v) is 7.30. The first kappa shape index (κ1) is 14.9. The number of hydrogen-bond acceptors (Lipinski definition) is 6. The first-order valence-electron chi connectivity index (χ1n) is 5.82. The number of hydrogen-bond donors (Lipinski definition) is 2. The normalized spacial score (nSPS) is 11.5. The van der Waals surface area contributed by atoms with Crippen LogP contribution in [0.5, 0.6) is 0 Å². The Kier molecular flexibility index (Phi) is 3.91. The van der Waals surface area contributed by atoms with Crippen LogP contribution in [0.15, 0.2) is 35.4 Å². The molecule has 0 aliphatic heterocycles. The number of nitro benzene ring substituents is 1. The van der Waals surface area contributed by atoms with Crippen molar-refractivity contribution in [1.29, 1.82) is 0 Å². The number of nitrogens with one attached hydrogen (secondary N) is 1. The van der Waals surface area contributed by atoms with E-state index in [2.05, 4.69) is 9.82 Å². The molecule has 0 bridgehead atoms. The van der Waals surface area contributed by atoms with Crippen molar-refractivity contribution in [3.63, 3.8) is 0 Å². The molecule has 112 valence electrons. The van der Waals surface area contributed by atoms with Crippen molar-refractivity contribution >= 4 is 21.4 Å². The standard InChI is InChI=1S/C11H13N5O4S/c1-15-5-4-9(14-15)7-13-21(19,20)11-6-8(12)2-3-10(11)16(17)18/h2-6,13H,7,12H2,1H3. The fourth-order valence-electron chi connectivity index (χ4n) is 1.70. The topological polar surface area (TPSA) is 133 Å². The Morgan fingerprint density at radius 3 is 2.71 bits per heavy atom. The van der Waals surface area contributed by atoms with Crippen LogP contribution in [0, 0.1) is 10.1 Å². The van der Waals surface area contributed by atoms with Gasteiger partial charge in [0.1, 0.15) is 0 Å². The smallest absolute Gasteiger partial charge is 0.289 e. The fraction of sp³-hybridized carbons (Fsp3) is 0.182. The molecule has 1 aromatic heterocycles. The highest BCUT2D eigenvalue weighted by molar-refractivity contribution is 7.89. The maximum atomic E-state index is 12.2. The monoisotopic (exact) mass is 311 g/mol. The third-order valence-corrected chi connectivity index (χ3v) is 4.11. The first-order chi connectivity index (χ1) is 9.79. The summed E-state index contributed by atoms with van der Waals surface area (Å²) >= 11 is 0. The lowest BCUT2D eigenvalue weighted by Crippen LogP contribution is -2.24. The van der Waals surface area contributed by atoms with Crippen molar-refractivity contribution in [1.82, 2.24) is 14.5 Å². The van der Waals surface area contributed by atoms with Gasteiger partial charge in [0.25, 0.3) is 5.69 Å². The van der Waals surface area contributed by atoms with E-state index in [1.165, 1.54) is 10.7 Å². The number of aryl methyl sites for hydroxylation is 1. The minimum atomic E-state index is -4.07. The number of aromatic nitrogens is 2. The van der Waals surface area contributed by atoms with Crippen LogP contribution in [-0.4, -0.2) is 23.1 Å². The zero-order chi connectivity index (χ0) is 15.6. The summed E-state index contributed by atoms with van der Waals surface area (Å²) in [6, 6.07) is 5.02. The molecule has 2 aromatic rings. The molecule has 0 saturated heterocycles. The van der Waals surface area contributed by atoms with Gasteiger partial charge in [0.2, 0.25) is 10.0 Å². The molecule has 2 rings (SSSR count). The molecular weight excluding hydrogens is 298 g/mol. The molecule has 0 unspecified atom stereocenters. The number of nitro groups is 1. The van der Waals surface area contributed by atoms with Gasteiger partial charge in [-0.15, -0.1) is 0 Å². The molecule has 0 radical (unpaired) electrons. The van der Waals surface area contributed by atoms with Crippen molar-refractivity contribution in [2.75, 3.05) is 5.73 Å². The molecule has 3 N–H and O–H groups in total. The zero-order valence-electron chi connectivity index (χ0n) is 11.1. The van der Waals surface area contributed by atoms with E-state index in [4.69, 9.17) is 5.73 Å². The summed E-state index contributed by atoms with van der Waals surface area (Å²) in [6.07, 6.45) is 1.66. The van der Waals surface area contributed by atoms with Crippen LogP contribution in [0.2, 0.25) is 0 Å². The van der Waals surface area contributed by atoms with E-state index in [0.717, 1.165) is 12.1 Å². The Morgan fingerprint density at radius 1 is 1.43 bits per heavy atom. The number of nitrogen functional groups attached to an aromatic ring is 1. The van der Waals surface area contributed by atoms with E-state index < -0.39 is 25.5 Å². The quantitative estimate of drug-likeness (QED) is 0.466. The van der Waals surface area contributed by atoms with Crippen LogP contribution in [0.4, 0.5) is 11.4 Å². The summed E-state index contributed by atoms with van der Waals surface area (Å²) in [4.78, 5) is 9.68. The predicted octanol–water partition coefficient (Wildman–Crippen LogP) is 0.389. The van der Waals surface area contributed by atoms with E-state index in [-0.39, 0.29) is 12.2 Å². The fourth-order valence-corrected chi connectivity index (χ4v) is 2.90. The Balaban J connectivity index is 2.31. The van der Waals surface area contributed by atoms with Crippen LogP contribution in [-0.2, 0) is 23.6 Å². The van der Waals surface area contributed by atoms with E-state index in [1.807, 2.05) is 0 Å². The summed E-state index contributed by atoms with van der Waals surface area (Å²) in [5.41, 5.74) is 5.59. The number of sulfonamides is 1. The van der Waals surface area contributed by atoms with Gasteiger partial charge in [0.05, 0.1) is 17.2 Å². The van der Waals surface area contributed by atoms with Crippen molar-refractivity contribution < 1.29 is 13.3 Å². The van der Waals surface area contributed by atoms with Gasteiger partial charge in [-0.25, -0.2) is 13.1 Å². The molecule has 0 saturated carbocycles. The van der Waals surface area contributed by atoms with E-state index in [9.17, 15) is 18.5 Å². The summed E-state index contributed by atoms with van der Waals surface area (Å²) in [5, 5.41) is 14.9. The Morgan fingerprint density at radius 2 is 2.14 bits per heavy atom. The molecule has 0 fully saturated rings. The van der Waals surface area contributed by atoms with Gasteiger partial charge in [-0.3, -0.25) is 14.8 Å². The lowest BCUT2D eigenvalue weighted by Gasteiger charge is -2.07. The van der Waals surface area contributed by atoms with Crippen molar-refractivity contribution in [2.24, 2.45) is 7.05 Å². The zero-order valence-corrected chi connectivity index (χ0v) is 11.9. The minimum Gasteiger partial charge on any atom is -0.399 e. The summed E-state index contributed by atoms with van der Waals surface area (Å²) in [6.45, 7) is -0.0743. The van der Waals surface area contributed by atoms with Gasteiger partial charge in [0, 0.05) is 25.0 Å². The maximum absolute atomic E-state index is 12.2. The Bertz CT molecular complexity index is 784. The minimum absolute atomic E-state index is 0.0743. The lowest BCUT2D eigenvalue weighted by atomic mass is 10.3. The van der Waals surface area contributed by atoms with Crippen LogP contribution in [0.25, 0.3) is 0 Å². The van der Waals surface area contributed by atoms with Gasteiger partial charge in [-0.1, -0.05) is 0 Å². The van der Waals surface area contributed by atoms with Crippen LogP contribution in [0.1, 0.15) is 5.69 Å². The van der Waals surface area contributed by atoms with Crippen molar-refractivity contribution in [2.45, 2.75) is 11.4 Å². The number of rotatable bonds is 5. The van der Waals surface area contributed by atoms with Gasteiger partial charge in [-0.2, -0.15) is 5.10 Å². The number of benzene rings is 1. The molecule has 0 spiro atoms. The second-order valence-corrected chi connectivity index (χ2v) is 6.02. The molecule has 21 heavy (non-hydrogen) atoms. The molecular formula is C11H13N5O4S. The van der Waals surface area contributed by atoms with E-state index in [0.29, 0.717) is 5.69 Å². The molecule has 0 aliphatic carbocycles. The molecule has 10 heteroatoms. The number of nitrogens with two attached hydrogens (primary N) is 1. The van der Waals surface area contributed by atoms with Gasteiger partial charge in [-0.05, 0) is 18.2 Å². The van der Waals surface area contributed by atoms with Gasteiger partial charge in [0.15, 0.2) is 4.90 Å². The number of nitrogens with zero attached hydrogens (tertiary/aromatic N) is 3. The molecule has 0 amide bonds. The molecule has 1 aromatic carbocycles. The average molecular weight is 311 g/mol. The maximum Gasteiger partial charge on any atom is 0.289 e. The highest BCUT2D eigenvalue weighted by atomic mass is 32.2. The highest BCUT2D eigenvalue weighted by Crippen LogP contribution is 2.25. The highest BCUT2D eigenvalue weighted by Gasteiger charge is 2.25. The molecule has 0 atom stereocenters. The molecule has 0 aliphatic rings. The van der Waals surface area contributed by atoms with Crippen molar-refractivity contribution in [3.8, 4) is 0 Å². The lowest BCUT2D eigenvalue weighted by molar-refractivity contribution is -0.387. The second-order valence-electron chi connectivity index (χ2n) is 4.29. The van der Waals surface area contributed by atoms with E-state index >= 15 is 0 Å².